The van der Waals surface area contributed by atoms with Gasteiger partial charge in [0, 0.05) is 92.7 Å². The average Bonchev–Trinajstić information content (AvgIpc) is 1.63. The quantitative estimate of drug-likeness (QED) is 0.0116. The molecule has 0 aromatic carbocycles. The monoisotopic (exact) mass is 1830 g/mol. The molecule has 6 atom stereocenters. The van der Waals surface area contributed by atoms with Gasteiger partial charge in [-0.1, -0.05) is 42.1 Å². The molecule has 0 amide bonds. The number of hydrogen-bond acceptors (Lipinski definition) is 31. The van der Waals surface area contributed by atoms with E-state index in [2.05, 4.69) is 55.3 Å². The zero-order chi connectivity index (χ0) is 89.2. The third-order valence-electron chi connectivity index (χ3n) is 20.4. The van der Waals surface area contributed by atoms with Crippen molar-refractivity contribution in [2.24, 2.45) is 0 Å². The van der Waals surface area contributed by atoms with Crippen molar-refractivity contribution >= 4 is 75.9 Å². The van der Waals surface area contributed by atoms with E-state index in [0.717, 1.165) is 168 Å². The largest absolute Gasteiger partial charge is 0.618 e. The number of aliphatic hydroxyl groups excluding tert-OH is 1. The van der Waals surface area contributed by atoms with Gasteiger partial charge in [-0.15, -0.1) is 34.8 Å². The second-order valence-electron chi connectivity index (χ2n) is 30.3. The molecule has 6 fully saturated rings. The molecule has 6 saturated heterocycles. The fraction of sp³-hybridized carbons (Fsp3) is 0.422. The van der Waals surface area contributed by atoms with Crippen LogP contribution >= 0.6 is 46.6 Å². The number of pyridine rings is 6. The van der Waals surface area contributed by atoms with Crippen molar-refractivity contribution in [3.63, 3.8) is 0 Å². The Bertz CT molecular complexity index is 5560. The van der Waals surface area contributed by atoms with Crippen LogP contribution in [0.4, 0.5) is 11.8 Å². The maximum Gasteiger partial charge on any atom is 0.224 e. The Hall–Kier alpha value is -10.4. The molecule has 0 unspecified atom stereocenters. The fourth-order valence-electron chi connectivity index (χ4n) is 13.7. The Labute approximate surface area is 759 Å². The van der Waals surface area contributed by atoms with Gasteiger partial charge in [-0.05, 0) is 150 Å². The summed E-state index contributed by atoms with van der Waals surface area (Å²) in [5, 5.41) is 37.8. The predicted molar refractivity (Wildman–Crippen MR) is 476 cm³/mol. The van der Waals surface area contributed by atoms with Gasteiger partial charge in [0.15, 0.2) is 40.0 Å². The van der Waals surface area contributed by atoms with E-state index >= 15 is 0 Å². The smallest absolute Gasteiger partial charge is 0.224 e. The molecule has 19 rings (SSSR count). The molecule has 0 bridgehead atoms. The van der Waals surface area contributed by atoms with Crippen molar-refractivity contribution in [3.05, 3.63) is 254 Å². The molecule has 0 spiro atoms. The molecule has 0 saturated carbocycles. The number of nitrogen functional groups attached to an aromatic ring is 2. The molecule has 38 heteroatoms. The topological polar surface area (TPSA) is 423 Å². The maximum absolute atomic E-state index is 12.9. The van der Waals surface area contributed by atoms with E-state index in [9.17, 15) is 10.0 Å². The normalized spacial score (nSPS) is 18.0. The highest BCUT2D eigenvalue weighted by Gasteiger charge is 2.26. The number of nitrogens with two attached hydrogens (primary N) is 2. The highest BCUT2D eigenvalue weighted by molar-refractivity contribution is 7.98. The number of fused-ring (bicyclic) bond motifs is 2. The number of aliphatic hydroxyl groups is 1. The summed E-state index contributed by atoms with van der Waals surface area (Å²) in [6.45, 7) is 14.4. The average molecular weight is 1830 g/mol. The molecule has 6 N–H and O–H groups in total. The van der Waals surface area contributed by atoms with Crippen LogP contribution in [0, 0.1) is 19.1 Å². The minimum atomic E-state index is -0.176. The SMILES string of the molecule is CSc1nc(-c2ccc(C)o2)n2ncc(Cc3cccc(CO[C@H]4CCOC4)n3)c2n1.Cc1ccc(-c2nc(N)nc3c(Cc4cccc(CO[C@H]5CCOC5)[n+]4[O-])cnn23)o1.ClCc1cccc(CCl)n1.ClCc1cccc(CO[C@H]2CCOC2)n1.Nc1[nH]ncc1Cc1cccc(CO[C@H]2CCOC2)n1.O=Cc1cccc(CO[C@H]2CCOC2)n1.O[C@H]1CCOC1. The van der Waals surface area contributed by atoms with Gasteiger partial charge in [-0.3, -0.25) is 29.8 Å². The zero-order valence-electron chi connectivity index (χ0n) is 71.5. The molecule has 19 heterocycles. The number of carbonyl (C=O) groups excluding carboxylic acids is 1. The summed E-state index contributed by atoms with van der Waals surface area (Å²) in [5.74, 6) is 5.93. The lowest BCUT2D eigenvalue weighted by Gasteiger charge is -2.12. The third-order valence-corrected chi connectivity index (χ3v) is 21.8. The molecule has 34 nitrogen and oxygen atoms in total. The van der Waals surface area contributed by atoms with E-state index < -0.39 is 0 Å². The Morgan fingerprint density at radius 2 is 0.859 bits per heavy atom. The number of halogens is 3. The predicted octanol–water partition coefficient (Wildman–Crippen LogP) is 12.4. The lowest BCUT2D eigenvalue weighted by molar-refractivity contribution is -0.624. The number of ether oxygens (including phenoxy) is 11. The summed E-state index contributed by atoms with van der Waals surface area (Å²) in [6.07, 6.45) is 15.7. The van der Waals surface area contributed by atoms with Crippen molar-refractivity contribution in [1.82, 2.24) is 74.3 Å². The van der Waals surface area contributed by atoms with Crippen LogP contribution in [0.1, 0.15) is 140 Å². The molecule has 6 aliphatic rings. The molecule has 128 heavy (non-hydrogen) atoms. The van der Waals surface area contributed by atoms with Crippen LogP contribution in [0.3, 0.4) is 0 Å². The van der Waals surface area contributed by atoms with Crippen molar-refractivity contribution in [2.45, 2.75) is 164 Å². The number of nitrogens with zero attached hydrogens (tertiary/aromatic N) is 15. The van der Waals surface area contributed by atoms with Crippen LogP contribution in [-0.4, -0.2) is 208 Å². The van der Waals surface area contributed by atoms with Crippen molar-refractivity contribution in [2.75, 3.05) is 97.0 Å². The van der Waals surface area contributed by atoms with Crippen LogP contribution in [0.5, 0.6) is 0 Å². The highest BCUT2D eigenvalue weighted by atomic mass is 35.5. The van der Waals surface area contributed by atoms with Gasteiger partial charge in [0.05, 0.1) is 185 Å². The second-order valence-corrected chi connectivity index (χ2v) is 31.8. The number of aldehydes is 1. The zero-order valence-corrected chi connectivity index (χ0v) is 74.5. The lowest BCUT2D eigenvalue weighted by atomic mass is 10.1. The van der Waals surface area contributed by atoms with E-state index in [1.807, 2.05) is 135 Å². The van der Waals surface area contributed by atoms with E-state index in [4.69, 9.17) is 122 Å². The van der Waals surface area contributed by atoms with E-state index in [1.165, 1.54) is 11.8 Å². The van der Waals surface area contributed by atoms with Gasteiger partial charge in [0.2, 0.25) is 23.3 Å². The van der Waals surface area contributed by atoms with Gasteiger partial charge in [-0.25, -0.2) is 9.97 Å². The number of carbonyl (C=O) groups is 1. The minimum absolute atomic E-state index is 0.0339. The van der Waals surface area contributed by atoms with E-state index in [-0.39, 0.29) is 49.2 Å². The number of aromatic nitrogens is 16. The third kappa shape index (κ3) is 29.0. The number of nitrogens with one attached hydrogen (secondary N) is 1. The first-order valence-corrected chi connectivity index (χ1v) is 45.0. The Morgan fingerprint density at radius 3 is 1.27 bits per heavy atom. The summed E-state index contributed by atoms with van der Waals surface area (Å²) in [6, 6.07) is 41.6. The van der Waals surface area contributed by atoms with Crippen molar-refractivity contribution in [3.8, 4) is 23.2 Å². The van der Waals surface area contributed by atoms with Crippen LogP contribution < -0.4 is 16.2 Å². The van der Waals surface area contributed by atoms with Gasteiger partial charge in [0.1, 0.15) is 29.6 Å². The van der Waals surface area contributed by atoms with Crippen molar-refractivity contribution in [1.29, 1.82) is 0 Å². The van der Waals surface area contributed by atoms with Gasteiger partial charge < -0.3 is 82.7 Å². The number of aryl methyl sites for hydroxylation is 2. The Balaban J connectivity index is 0.000000134. The number of hydrogen-bond donors (Lipinski definition) is 4. The van der Waals surface area contributed by atoms with Crippen LogP contribution in [-0.2, 0) is 122 Å². The molecule has 678 valence electrons. The number of alkyl halides is 3. The molecule has 13 aromatic heterocycles. The Morgan fingerprint density at radius 1 is 0.461 bits per heavy atom. The maximum atomic E-state index is 12.9. The number of thioether (sulfide) groups is 1. The van der Waals surface area contributed by atoms with E-state index in [0.29, 0.717) is 166 Å². The van der Waals surface area contributed by atoms with Gasteiger partial charge >= 0.3 is 0 Å². The number of aromatic amines is 1. The molecular weight excluding hydrogens is 1730 g/mol. The summed E-state index contributed by atoms with van der Waals surface area (Å²) >= 11 is 18.3. The standard InChI is InChI=1S/C22H23N5O3S.C21H22N6O4.C14H18N4O2.C11H14ClNO2.C11H13NO3.C7H7Cl2N.C4H8O2/c1-14-6-7-19(30-14)21-26-22(31-2)25-20-15(11-23-27(20)21)10-16-4-3-5-17(24-16)12-29-18-8-9-28-13-18;1-13-5-6-18(31-13)20-25-21(22)24-19-14(10-23-26(19)20)9-15-3-2-4-16(27(15)28)11-30-17-7-8-29-12-17;15-14-10(7-16-18-14)6-11-2-1-3-12(17-11)8-20-13-4-5-19-9-13;12-6-9-2-1-3-10(13-9)7-15-11-4-5-14-8-11;13-6-9-2-1-3-10(12-9)7-15-11-4-5-14-8-11;8-4-6-2-1-3-7(5-9)10-6;5-4-1-2-6-3-4/h3-7,11,18H,8-10,12-13H2,1-2H3;2-6,10,17H,7-9,11-12H2,1H3,(H2,22,24);1-3,7,13H,4-6,8-9H2,(H3,15,16,18);1-3,11H,4-8H2;1-3,6,11H,4-5,7-8H2;1-3H,4-5H2;4-5H,1-3H2/t18-;17-;13-;2*11-;;4-/m00000.0/s1. The number of H-pyrrole nitrogens is 1. The molecular formula is C90H105Cl3N18O16S. The molecule has 0 aliphatic carbocycles. The summed E-state index contributed by atoms with van der Waals surface area (Å²) < 4.78 is 75.6. The lowest BCUT2D eigenvalue weighted by Crippen LogP contribution is -2.37. The second kappa shape index (κ2) is 49.9. The van der Waals surface area contributed by atoms with Crippen molar-refractivity contribution < 1.29 is 75.6 Å². The highest BCUT2D eigenvalue weighted by Crippen LogP contribution is 2.28. The first kappa shape index (κ1) is 95.2. The van der Waals surface area contributed by atoms with E-state index in [1.54, 1.807) is 45.7 Å². The van der Waals surface area contributed by atoms with Crippen LogP contribution in [0.15, 0.2) is 166 Å². The number of rotatable bonds is 28. The minimum Gasteiger partial charge on any atom is -0.618 e. The first-order valence-electron chi connectivity index (χ1n) is 42.1. The summed E-state index contributed by atoms with van der Waals surface area (Å²) in [7, 11) is 0. The van der Waals surface area contributed by atoms with Crippen LogP contribution in [0.25, 0.3) is 34.5 Å². The van der Waals surface area contributed by atoms with Gasteiger partial charge in [0.25, 0.3) is 0 Å². The first-order chi connectivity index (χ1) is 62.6. The summed E-state index contributed by atoms with van der Waals surface area (Å²) in [5.41, 5.74) is 25.4. The fourth-order valence-corrected chi connectivity index (χ4v) is 14.5. The molecule has 13 aromatic rings. The molecule has 0 radical (unpaired) electrons. The van der Waals surface area contributed by atoms with Crippen LogP contribution in [0.2, 0.25) is 0 Å². The number of furan rings is 2. The summed E-state index contributed by atoms with van der Waals surface area (Å²) in [4.78, 5) is 50.4. The number of anilines is 2. The van der Waals surface area contributed by atoms with Gasteiger partial charge in [-0.2, -0.15) is 44.0 Å². The molecule has 6 aliphatic heterocycles. The Kier molecular flexibility index (Phi) is 37.1.